The number of aromatic nitrogens is 1. The Morgan fingerprint density at radius 3 is 3.00 bits per heavy atom. The van der Waals surface area contributed by atoms with E-state index in [-0.39, 0.29) is 22.7 Å². The molecule has 1 N–H and O–H groups in total. The second-order valence-corrected chi connectivity index (χ2v) is 5.53. The smallest absolute Gasteiger partial charge is 0.255 e. The van der Waals surface area contributed by atoms with E-state index in [2.05, 4.69) is 4.98 Å². The maximum atomic E-state index is 12.3. The van der Waals surface area contributed by atoms with Gasteiger partial charge in [0.25, 0.3) is 5.91 Å². The number of rotatable bonds is 3. The molecule has 0 radical (unpaired) electrons. The van der Waals surface area contributed by atoms with Crippen molar-refractivity contribution in [1.29, 1.82) is 0 Å². The zero-order valence-corrected chi connectivity index (χ0v) is 12.0. The van der Waals surface area contributed by atoms with E-state index in [4.69, 9.17) is 28.3 Å². The summed E-state index contributed by atoms with van der Waals surface area (Å²) in [5, 5.41) is 9.47. The standard InChI is InChI=1S/C13H16Cl2N2O2/c14-11-6-10(7-16-12(11)15)13(19)17-4-1-2-9(8-17)3-5-18/h6-7,9,18H,1-5,8H2. The summed E-state index contributed by atoms with van der Waals surface area (Å²) in [7, 11) is 0. The Bertz CT molecular complexity index is 466. The largest absolute Gasteiger partial charge is 0.396 e. The van der Waals surface area contributed by atoms with Crippen LogP contribution in [-0.4, -0.2) is 40.6 Å². The fourth-order valence-corrected chi connectivity index (χ4v) is 2.66. The SMILES string of the molecule is O=C(c1cnc(Cl)c(Cl)c1)N1CCCC(CCO)C1. The third-order valence-corrected chi connectivity index (χ3v) is 4.07. The third-order valence-electron chi connectivity index (χ3n) is 3.39. The van der Waals surface area contributed by atoms with Crippen molar-refractivity contribution in [1.82, 2.24) is 9.88 Å². The summed E-state index contributed by atoms with van der Waals surface area (Å²) in [6.07, 6.45) is 4.21. The van der Waals surface area contributed by atoms with Gasteiger partial charge in [0.15, 0.2) is 0 Å². The van der Waals surface area contributed by atoms with Crippen molar-refractivity contribution in [3.8, 4) is 0 Å². The van der Waals surface area contributed by atoms with Crippen LogP contribution in [0.25, 0.3) is 0 Å². The normalized spacial score (nSPS) is 19.5. The number of aliphatic hydroxyl groups is 1. The number of likely N-dealkylation sites (tertiary alicyclic amines) is 1. The summed E-state index contributed by atoms with van der Waals surface area (Å²) in [6.45, 7) is 1.58. The van der Waals surface area contributed by atoms with Crippen LogP contribution < -0.4 is 0 Å². The van der Waals surface area contributed by atoms with E-state index in [0.717, 1.165) is 25.8 Å². The Labute approximate surface area is 122 Å². The summed E-state index contributed by atoms with van der Waals surface area (Å²) in [6, 6.07) is 1.55. The van der Waals surface area contributed by atoms with Crippen molar-refractivity contribution in [3.63, 3.8) is 0 Å². The molecule has 1 unspecified atom stereocenters. The topological polar surface area (TPSA) is 53.4 Å². The molecule has 19 heavy (non-hydrogen) atoms. The lowest BCUT2D eigenvalue weighted by Crippen LogP contribution is -2.40. The average Bonchev–Trinajstić information content (AvgIpc) is 2.42. The highest BCUT2D eigenvalue weighted by Crippen LogP contribution is 2.23. The zero-order chi connectivity index (χ0) is 13.8. The van der Waals surface area contributed by atoms with Crippen LogP contribution >= 0.6 is 23.2 Å². The molecule has 2 rings (SSSR count). The van der Waals surface area contributed by atoms with Crippen molar-refractivity contribution in [2.75, 3.05) is 19.7 Å². The van der Waals surface area contributed by atoms with Crippen molar-refractivity contribution < 1.29 is 9.90 Å². The summed E-state index contributed by atoms with van der Waals surface area (Å²) in [5.74, 6) is 0.298. The molecule has 1 fully saturated rings. The van der Waals surface area contributed by atoms with Crippen molar-refractivity contribution in [2.45, 2.75) is 19.3 Å². The van der Waals surface area contributed by atoms with Gasteiger partial charge >= 0.3 is 0 Å². The molecule has 1 aliphatic heterocycles. The maximum absolute atomic E-state index is 12.3. The molecule has 1 atom stereocenters. The fraction of sp³-hybridized carbons (Fsp3) is 0.538. The minimum atomic E-state index is -0.0753. The summed E-state index contributed by atoms with van der Waals surface area (Å²) in [4.78, 5) is 18.0. The Morgan fingerprint density at radius 2 is 2.32 bits per heavy atom. The highest BCUT2D eigenvalue weighted by molar-refractivity contribution is 6.41. The molecule has 1 saturated heterocycles. The monoisotopic (exact) mass is 302 g/mol. The molecule has 1 aromatic heterocycles. The molecule has 6 heteroatoms. The van der Waals surface area contributed by atoms with Crippen LogP contribution in [0.4, 0.5) is 0 Å². The Kier molecular flexibility index (Phi) is 5.02. The van der Waals surface area contributed by atoms with Crippen LogP contribution in [0.3, 0.4) is 0 Å². The molecular weight excluding hydrogens is 287 g/mol. The van der Waals surface area contributed by atoms with Gasteiger partial charge < -0.3 is 10.0 Å². The lowest BCUT2D eigenvalue weighted by atomic mass is 9.95. The van der Waals surface area contributed by atoms with Gasteiger partial charge in [-0.2, -0.15) is 0 Å². The molecule has 1 amide bonds. The molecule has 1 aromatic rings. The predicted molar refractivity (Wildman–Crippen MR) is 74.6 cm³/mol. The molecule has 0 aromatic carbocycles. The van der Waals surface area contributed by atoms with Gasteiger partial charge in [0.05, 0.1) is 10.6 Å². The van der Waals surface area contributed by atoms with E-state index in [1.54, 1.807) is 11.0 Å². The van der Waals surface area contributed by atoms with E-state index >= 15 is 0 Å². The Hall–Kier alpha value is -0.840. The number of hydrogen-bond acceptors (Lipinski definition) is 3. The van der Waals surface area contributed by atoms with E-state index in [0.29, 0.717) is 18.0 Å². The zero-order valence-electron chi connectivity index (χ0n) is 10.5. The number of piperidine rings is 1. The van der Waals surface area contributed by atoms with Gasteiger partial charge in [-0.1, -0.05) is 23.2 Å². The van der Waals surface area contributed by atoms with Crippen LogP contribution in [0.1, 0.15) is 29.6 Å². The minimum absolute atomic E-state index is 0.0753. The number of carbonyl (C=O) groups excluding carboxylic acids is 1. The van der Waals surface area contributed by atoms with Gasteiger partial charge in [0, 0.05) is 25.9 Å². The second kappa shape index (κ2) is 6.55. The number of carbonyl (C=O) groups is 1. The molecule has 1 aliphatic rings. The first kappa shape index (κ1) is 14.6. The highest BCUT2D eigenvalue weighted by atomic mass is 35.5. The first-order chi connectivity index (χ1) is 9.11. The number of halogens is 2. The number of pyridine rings is 1. The molecule has 0 aliphatic carbocycles. The van der Waals surface area contributed by atoms with Gasteiger partial charge in [-0.25, -0.2) is 4.98 Å². The van der Waals surface area contributed by atoms with E-state index in [9.17, 15) is 4.79 Å². The van der Waals surface area contributed by atoms with Gasteiger partial charge in [-0.15, -0.1) is 0 Å². The molecular formula is C13H16Cl2N2O2. The van der Waals surface area contributed by atoms with E-state index in [1.165, 1.54) is 6.20 Å². The van der Waals surface area contributed by atoms with Crippen LogP contribution in [0.2, 0.25) is 10.2 Å². The first-order valence-corrected chi connectivity index (χ1v) is 7.08. The molecule has 0 saturated carbocycles. The fourth-order valence-electron chi connectivity index (χ4n) is 2.39. The van der Waals surface area contributed by atoms with Crippen LogP contribution in [-0.2, 0) is 0 Å². The van der Waals surface area contributed by atoms with E-state index < -0.39 is 0 Å². The lowest BCUT2D eigenvalue weighted by molar-refractivity contribution is 0.0653. The van der Waals surface area contributed by atoms with Crippen LogP contribution in [0.15, 0.2) is 12.3 Å². The highest BCUT2D eigenvalue weighted by Gasteiger charge is 2.24. The second-order valence-electron chi connectivity index (χ2n) is 4.77. The molecule has 0 spiro atoms. The van der Waals surface area contributed by atoms with Crippen molar-refractivity contribution in [3.05, 3.63) is 28.0 Å². The van der Waals surface area contributed by atoms with E-state index in [1.807, 2.05) is 0 Å². The molecule has 4 nitrogen and oxygen atoms in total. The molecule has 104 valence electrons. The average molecular weight is 303 g/mol. The third kappa shape index (κ3) is 3.59. The Morgan fingerprint density at radius 1 is 1.53 bits per heavy atom. The van der Waals surface area contributed by atoms with Crippen LogP contribution in [0.5, 0.6) is 0 Å². The number of aliphatic hydroxyl groups excluding tert-OH is 1. The Balaban J connectivity index is 2.08. The minimum Gasteiger partial charge on any atom is -0.396 e. The van der Waals surface area contributed by atoms with Crippen molar-refractivity contribution in [2.24, 2.45) is 5.92 Å². The molecule has 0 bridgehead atoms. The van der Waals surface area contributed by atoms with Gasteiger partial charge in [-0.3, -0.25) is 4.79 Å². The van der Waals surface area contributed by atoms with Crippen LogP contribution in [0, 0.1) is 5.92 Å². The number of amides is 1. The summed E-state index contributed by atoms with van der Waals surface area (Å²) >= 11 is 11.6. The van der Waals surface area contributed by atoms with Gasteiger partial charge in [-0.05, 0) is 31.2 Å². The predicted octanol–water partition coefficient (Wildman–Crippen LogP) is 2.62. The maximum Gasteiger partial charge on any atom is 0.255 e. The quantitative estimate of drug-likeness (QED) is 0.873. The van der Waals surface area contributed by atoms with Crippen molar-refractivity contribution >= 4 is 29.1 Å². The lowest BCUT2D eigenvalue weighted by Gasteiger charge is -2.32. The summed E-state index contributed by atoms with van der Waals surface area (Å²) < 4.78 is 0. The van der Waals surface area contributed by atoms with Gasteiger partial charge in [0.2, 0.25) is 0 Å². The first-order valence-electron chi connectivity index (χ1n) is 6.33. The number of hydrogen-bond donors (Lipinski definition) is 1. The molecule has 2 heterocycles. The number of nitrogens with zero attached hydrogens (tertiary/aromatic N) is 2. The van der Waals surface area contributed by atoms with Gasteiger partial charge in [0.1, 0.15) is 5.15 Å². The summed E-state index contributed by atoms with van der Waals surface area (Å²) in [5.41, 5.74) is 0.457.